The van der Waals surface area contributed by atoms with Gasteiger partial charge >= 0.3 is 5.69 Å². The van der Waals surface area contributed by atoms with Crippen molar-refractivity contribution in [1.29, 1.82) is 0 Å². The Kier molecular flexibility index (Phi) is 2.41. The SMILES string of the molecule is CN[C@@H]1CCc2nn(C)c(=O)n2CC1. The molecule has 1 aromatic heterocycles. The molecule has 5 heteroatoms. The predicted molar refractivity (Wildman–Crippen MR) is 53.3 cm³/mol. The highest BCUT2D eigenvalue weighted by Crippen LogP contribution is 2.10. The average Bonchev–Trinajstić information content (AvgIpc) is 2.40. The second-order valence-electron chi connectivity index (χ2n) is 3.79. The molecule has 5 nitrogen and oxygen atoms in total. The number of hydrogen-bond acceptors (Lipinski definition) is 3. The largest absolute Gasteiger partial charge is 0.345 e. The van der Waals surface area contributed by atoms with Crippen molar-refractivity contribution in [3.63, 3.8) is 0 Å². The van der Waals surface area contributed by atoms with Crippen molar-refractivity contribution in [1.82, 2.24) is 19.7 Å². The van der Waals surface area contributed by atoms with E-state index >= 15 is 0 Å². The Hall–Kier alpha value is -1.10. The van der Waals surface area contributed by atoms with Gasteiger partial charge in [-0.15, -0.1) is 0 Å². The van der Waals surface area contributed by atoms with Crippen molar-refractivity contribution in [2.45, 2.75) is 31.8 Å². The quantitative estimate of drug-likeness (QED) is 0.659. The summed E-state index contributed by atoms with van der Waals surface area (Å²) in [5.41, 5.74) is 0.0109. The van der Waals surface area contributed by atoms with Crippen molar-refractivity contribution in [2.24, 2.45) is 7.05 Å². The maximum Gasteiger partial charge on any atom is 0.345 e. The van der Waals surface area contributed by atoms with Crippen molar-refractivity contribution in [3.8, 4) is 0 Å². The summed E-state index contributed by atoms with van der Waals surface area (Å²) in [6.45, 7) is 0.785. The monoisotopic (exact) mass is 196 g/mol. The molecule has 0 saturated carbocycles. The van der Waals surface area contributed by atoms with Gasteiger partial charge in [-0.25, -0.2) is 9.48 Å². The Labute approximate surface area is 82.7 Å². The zero-order valence-electron chi connectivity index (χ0n) is 8.66. The molecule has 1 atom stereocenters. The molecule has 1 aliphatic heterocycles. The summed E-state index contributed by atoms with van der Waals surface area (Å²) in [5.74, 6) is 0.926. The first-order valence-corrected chi connectivity index (χ1v) is 5.02. The highest BCUT2D eigenvalue weighted by Gasteiger charge is 2.18. The first kappa shape index (κ1) is 9.45. The van der Waals surface area contributed by atoms with Gasteiger partial charge in [-0.2, -0.15) is 5.10 Å². The fraction of sp³-hybridized carbons (Fsp3) is 0.778. The third kappa shape index (κ3) is 1.48. The second kappa shape index (κ2) is 3.57. The third-order valence-corrected chi connectivity index (χ3v) is 2.91. The van der Waals surface area contributed by atoms with Gasteiger partial charge < -0.3 is 5.32 Å². The number of hydrogen-bond donors (Lipinski definition) is 1. The maximum absolute atomic E-state index is 11.6. The van der Waals surface area contributed by atoms with E-state index in [-0.39, 0.29) is 5.69 Å². The van der Waals surface area contributed by atoms with Crippen LogP contribution in [-0.4, -0.2) is 27.4 Å². The van der Waals surface area contributed by atoms with Crippen LogP contribution < -0.4 is 11.0 Å². The lowest BCUT2D eigenvalue weighted by Crippen LogP contribution is -2.28. The van der Waals surface area contributed by atoms with Crippen LogP contribution in [0, 0.1) is 0 Å². The van der Waals surface area contributed by atoms with Gasteiger partial charge in [-0.3, -0.25) is 4.57 Å². The highest BCUT2D eigenvalue weighted by atomic mass is 16.2. The van der Waals surface area contributed by atoms with Gasteiger partial charge in [0.15, 0.2) is 0 Å². The van der Waals surface area contributed by atoms with Crippen molar-refractivity contribution in [2.75, 3.05) is 7.05 Å². The van der Waals surface area contributed by atoms with E-state index in [9.17, 15) is 4.79 Å². The minimum atomic E-state index is 0.0109. The van der Waals surface area contributed by atoms with E-state index in [0.717, 1.165) is 31.6 Å². The number of nitrogens with zero attached hydrogens (tertiary/aromatic N) is 3. The predicted octanol–water partition coefficient (Wildman–Crippen LogP) is -0.494. The molecule has 0 fully saturated rings. The lowest BCUT2D eigenvalue weighted by molar-refractivity contribution is 0.475. The van der Waals surface area contributed by atoms with Gasteiger partial charge in [-0.1, -0.05) is 0 Å². The minimum absolute atomic E-state index is 0.0109. The molecule has 0 bridgehead atoms. The molecule has 0 aliphatic carbocycles. The van der Waals surface area contributed by atoms with Gasteiger partial charge in [0.1, 0.15) is 5.82 Å². The van der Waals surface area contributed by atoms with Crippen LogP contribution in [0.4, 0.5) is 0 Å². The molecule has 78 valence electrons. The highest BCUT2D eigenvalue weighted by molar-refractivity contribution is 4.92. The summed E-state index contributed by atoms with van der Waals surface area (Å²) in [7, 11) is 3.68. The topological polar surface area (TPSA) is 51.9 Å². The molecule has 1 aliphatic rings. The van der Waals surface area contributed by atoms with E-state index in [1.807, 2.05) is 7.05 Å². The van der Waals surface area contributed by atoms with Crippen molar-refractivity contribution in [3.05, 3.63) is 16.3 Å². The summed E-state index contributed by atoms with van der Waals surface area (Å²) in [6.07, 6.45) is 2.96. The summed E-state index contributed by atoms with van der Waals surface area (Å²) in [4.78, 5) is 11.6. The number of fused-ring (bicyclic) bond motifs is 1. The molecule has 0 aromatic carbocycles. The zero-order valence-corrected chi connectivity index (χ0v) is 8.66. The molecule has 0 saturated heterocycles. The Balaban J connectivity index is 2.28. The van der Waals surface area contributed by atoms with Crippen LogP contribution in [-0.2, 0) is 20.0 Å². The fourth-order valence-electron chi connectivity index (χ4n) is 1.99. The van der Waals surface area contributed by atoms with Gasteiger partial charge in [-0.05, 0) is 19.9 Å². The van der Waals surface area contributed by atoms with Crippen LogP contribution in [0.15, 0.2) is 4.79 Å². The standard InChI is InChI=1S/C9H16N4O/c1-10-7-3-4-8-11-12(2)9(14)13(8)6-5-7/h7,10H,3-6H2,1-2H3/t7-/m1/s1. The van der Waals surface area contributed by atoms with Crippen LogP contribution in [0.3, 0.4) is 0 Å². The Morgan fingerprint density at radius 1 is 1.50 bits per heavy atom. The van der Waals surface area contributed by atoms with Crippen LogP contribution >= 0.6 is 0 Å². The molecule has 0 unspecified atom stereocenters. The summed E-state index contributed by atoms with van der Waals surface area (Å²) in [6, 6.07) is 0.515. The van der Waals surface area contributed by atoms with E-state index in [1.165, 1.54) is 4.68 Å². The molecule has 1 N–H and O–H groups in total. The van der Waals surface area contributed by atoms with E-state index in [2.05, 4.69) is 10.4 Å². The zero-order chi connectivity index (χ0) is 10.1. The van der Waals surface area contributed by atoms with E-state index in [4.69, 9.17) is 0 Å². The molecule has 0 spiro atoms. The molecular formula is C9H16N4O. The van der Waals surface area contributed by atoms with Crippen LogP contribution in [0.2, 0.25) is 0 Å². The third-order valence-electron chi connectivity index (χ3n) is 2.91. The molecule has 0 radical (unpaired) electrons. The normalized spacial score (nSPS) is 21.7. The lowest BCUT2D eigenvalue weighted by Gasteiger charge is -2.10. The second-order valence-corrected chi connectivity index (χ2v) is 3.79. The molecule has 0 amide bonds. The Morgan fingerprint density at radius 3 is 3.00 bits per heavy atom. The van der Waals surface area contributed by atoms with Crippen molar-refractivity contribution < 1.29 is 0 Å². The number of nitrogens with one attached hydrogen (secondary N) is 1. The molecule has 2 heterocycles. The summed E-state index contributed by atoms with van der Waals surface area (Å²) in [5, 5.41) is 7.47. The molecular weight excluding hydrogens is 180 g/mol. The van der Waals surface area contributed by atoms with E-state index < -0.39 is 0 Å². The smallest absolute Gasteiger partial charge is 0.317 e. The van der Waals surface area contributed by atoms with Crippen molar-refractivity contribution >= 4 is 0 Å². The van der Waals surface area contributed by atoms with Gasteiger partial charge in [0.25, 0.3) is 0 Å². The van der Waals surface area contributed by atoms with E-state index in [1.54, 1.807) is 11.6 Å². The van der Waals surface area contributed by atoms with Gasteiger partial charge in [0.2, 0.25) is 0 Å². The first-order valence-electron chi connectivity index (χ1n) is 5.02. The van der Waals surface area contributed by atoms with Gasteiger partial charge in [0, 0.05) is 26.1 Å². The summed E-state index contributed by atoms with van der Waals surface area (Å²) < 4.78 is 3.21. The number of rotatable bonds is 1. The fourth-order valence-corrected chi connectivity index (χ4v) is 1.99. The molecule has 14 heavy (non-hydrogen) atoms. The Bertz CT molecular complexity index is 379. The summed E-state index contributed by atoms with van der Waals surface area (Å²) >= 11 is 0. The average molecular weight is 196 g/mol. The van der Waals surface area contributed by atoms with E-state index in [0.29, 0.717) is 6.04 Å². The molecule has 1 aromatic rings. The van der Waals surface area contributed by atoms with Crippen LogP contribution in [0.5, 0.6) is 0 Å². The van der Waals surface area contributed by atoms with Crippen LogP contribution in [0.1, 0.15) is 18.7 Å². The lowest BCUT2D eigenvalue weighted by atomic mass is 10.1. The van der Waals surface area contributed by atoms with Gasteiger partial charge in [0.05, 0.1) is 0 Å². The first-order chi connectivity index (χ1) is 6.72. The number of aryl methyl sites for hydroxylation is 2. The molecule has 2 rings (SSSR count). The van der Waals surface area contributed by atoms with Crippen LogP contribution in [0.25, 0.3) is 0 Å². The maximum atomic E-state index is 11.6. The number of aromatic nitrogens is 3. The Morgan fingerprint density at radius 2 is 2.29 bits per heavy atom. The minimum Gasteiger partial charge on any atom is -0.317 e.